The van der Waals surface area contributed by atoms with Gasteiger partial charge in [0.15, 0.2) is 0 Å². The zero-order valence-corrected chi connectivity index (χ0v) is 13.6. The van der Waals surface area contributed by atoms with Crippen LogP contribution in [0.5, 0.6) is 0 Å². The molecule has 0 spiro atoms. The molecule has 0 aromatic rings. The predicted octanol–water partition coefficient (Wildman–Crippen LogP) is 2.91. The van der Waals surface area contributed by atoms with Crippen molar-refractivity contribution in [3.8, 4) is 0 Å². The van der Waals surface area contributed by atoms with Gasteiger partial charge in [-0.15, -0.1) is 0 Å². The molecular weight excluding hydrogens is 266 g/mol. The van der Waals surface area contributed by atoms with E-state index in [4.69, 9.17) is 0 Å². The average molecular weight is 293 g/mol. The quantitative estimate of drug-likeness (QED) is 0.870. The van der Waals surface area contributed by atoms with Crippen molar-refractivity contribution >= 4 is 11.9 Å². The fraction of sp³-hybridized carbons (Fsp3) is 0.882. The van der Waals surface area contributed by atoms with E-state index in [2.05, 4.69) is 13.8 Å². The molecule has 4 nitrogen and oxygen atoms in total. The Labute approximate surface area is 126 Å². The Bertz CT molecular complexity index is 482. The first-order valence-corrected chi connectivity index (χ1v) is 8.08. The van der Waals surface area contributed by atoms with Crippen molar-refractivity contribution in [2.24, 2.45) is 22.2 Å². The van der Waals surface area contributed by atoms with Gasteiger partial charge in [0.1, 0.15) is 6.04 Å². The minimum Gasteiger partial charge on any atom is -0.480 e. The standard InChI is InChI=1S/C17H27NO3/c1-11(13(19)20)18(4)14(21)17-7-12-5-15(2,9-17)8-16(3,6-12)10-17/h11-12H,5-10H2,1-4H3,(H,19,20). The summed E-state index contributed by atoms with van der Waals surface area (Å²) in [5, 5.41) is 9.19. The second-order valence-corrected chi connectivity index (χ2v) is 8.84. The van der Waals surface area contributed by atoms with Crippen LogP contribution in [-0.4, -0.2) is 35.0 Å². The van der Waals surface area contributed by atoms with Gasteiger partial charge in [0.05, 0.1) is 5.41 Å². The van der Waals surface area contributed by atoms with Crippen LogP contribution in [0.2, 0.25) is 0 Å². The van der Waals surface area contributed by atoms with E-state index in [0.29, 0.717) is 5.92 Å². The lowest BCUT2D eigenvalue weighted by Gasteiger charge is -2.65. The molecule has 0 saturated heterocycles. The summed E-state index contributed by atoms with van der Waals surface area (Å²) in [5.41, 5.74) is 0.246. The molecule has 4 heteroatoms. The van der Waals surface area contributed by atoms with Crippen LogP contribution in [0.4, 0.5) is 0 Å². The van der Waals surface area contributed by atoms with Gasteiger partial charge in [-0.3, -0.25) is 4.79 Å². The van der Waals surface area contributed by atoms with Crippen molar-refractivity contribution in [1.82, 2.24) is 4.90 Å². The monoisotopic (exact) mass is 293 g/mol. The molecule has 1 amide bonds. The molecule has 4 saturated carbocycles. The summed E-state index contributed by atoms with van der Waals surface area (Å²) in [6.45, 7) is 6.26. The van der Waals surface area contributed by atoms with Crippen molar-refractivity contribution in [2.45, 2.75) is 65.3 Å². The molecule has 0 aromatic heterocycles. The Morgan fingerprint density at radius 1 is 1.10 bits per heavy atom. The highest BCUT2D eigenvalue weighted by molar-refractivity contribution is 5.87. The molecule has 4 aliphatic carbocycles. The molecule has 0 aromatic carbocycles. The lowest BCUT2D eigenvalue weighted by atomic mass is 9.40. The van der Waals surface area contributed by atoms with Crippen LogP contribution in [0.15, 0.2) is 0 Å². The van der Waals surface area contributed by atoms with Gasteiger partial charge in [-0.25, -0.2) is 4.79 Å². The maximum absolute atomic E-state index is 13.1. The molecule has 3 unspecified atom stereocenters. The third kappa shape index (κ3) is 2.18. The number of hydrogen-bond donors (Lipinski definition) is 1. The van der Waals surface area contributed by atoms with Crippen molar-refractivity contribution in [3.05, 3.63) is 0 Å². The van der Waals surface area contributed by atoms with E-state index in [1.807, 2.05) is 0 Å². The molecule has 4 fully saturated rings. The van der Waals surface area contributed by atoms with E-state index in [1.54, 1.807) is 14.0 Å². The third-order valence-corrected chi connectivity index (χ3v) is 6.34. The summed E-state index contributed by atoms with van der Waals surface area (Å²) >= 11 is 0. The lowest BCUT2D eigenvalue weighted by molar-refractivity contribution is -0.181. The number of carbonyl (C=O) groups is 2. The number of rotatable bonds is 3. The summed E-state index contributed by atoms with van der Waals surface area (Å²) in [6, 6.07) is -0.744. The molecule has 0 aliphatic heterocycles. The highest BCUT2D eigenvalue weighted by Gasteiger charge is 2.63. The van der Waals surface area contributed by atoms with E-state index in [9.17, 15) is 14.7 Å². The van der Waals surface area contributed by atoms with Gasteiger partial charge in [0.2, 0.25) is 5.91 Å². The van der Waals surface area contributed by atoms with Crippen molar-refractivity contribution < 1.29 is 14.7 Å². The molecule has 4 aliphatic rings. The molecule has 0 heterocycles. The lowest BCUT2D eigenvalue weighted by Crippen LogP contribution is -2.61. The maximum atomic E-state index is 13.1. The molecule has 4 rings (SSSR count). The van der Waals surface area contributed by atoms with E-state index in [0.717, 1.165) is 19.3 Å². The van der Waals surface area contributed by atoms with Crippen LogP contribution in [0.1, 0.15) is 59.3 Å². The van der Waals surface area contributed by atoms with Gasteiger partial charge in [0.25, 0.3) is 0 Å². The predicted molar refractivity (Wildman–Crippen MR) is 79.7 cm³/mol. The first-order valence-electron chi connectivity index (χ1n) is 8.08. The largest absolute Gasteiger partial charge is 0.480 e. The number of amides is 1. The zero-order valence-electron chi connectivity index (χ0n) is 13.6. The fourth-order valence-corrected chi connectivity index (χ4v) is 6.40. The summed E-state index contributed by atoms with van der Waals surface area (Å²) < 4.78 is 0. The Kier molecular flexibility index (Phi) is 3.00. The Morgan fingerprint density at radius 2 is 1.62 bits per heavy atom. The van der Waals surface area contributed by atoms with E-state index >= 15 is 0 Å². The minimum atomic E-state index is -0.923. The SMILES string of the molecule is CC(C(=O)O)N(C)C(=O)C12CC3CC(C)(CC(C)(C3)C1)C2. The second kappa shape index (κ2) is 4.23. The fourth-order valence-electron chi connectivity index (χ4n) is 6.40. The number of carbonyl (C=O) groups excluding carboxylic acids is 1. The molecule has 4 bridgehead atoms. The number of nitrogens with zero attached hydrogens (tertiary/aromatic N) is 1. The van der Waals surface area contributed by atoms with Gasteiger partial charge < -0.3 is 10.0 Å². The van der Waals surface area contributed by atoms with E-state index in [-0.39, 0.29) is 22.2 Å². The highest BCUT2D eigenvalue weighted by Crippen LogP contribution is 2.69. The van der Waals surface area contributed by atoms with Gasteiger partial charge >= 0.3 is 5.97 Å². The van der Waals surface area contributed by atoms with Crippen LogP contribution in [0.25, 0.3) is 0 Å². The normalized spacial score (nSPS) is 45.4. The summed E-state index contributed by atoms with van der Waals surface area (Å²) in [5.74, 6) is -0.208. The smallest absolute Gasteiger partial charge is 0.326 e. The van der Waals surface area contributed by atoms with Crippen molar-refractivity contribution in [1.29, 1.82) is 0 Å². The maximum Gasteiger partial charge on any atom is 0.326 e. The van der Waals surface area contributed by atoms with Gasteiger partial charge in [-0.05, 0) is 62.2 Å². The van der Waals surface area contributed by atoms with Gasteiger partial charge in [-0.1, -0.05) is 13.8 Å². The van der Waals surface area contributed by atoms with Crippen LogP contribution < -0.4 is 0 Å². The first kappa shape index (κ1) is 14.9. The molecule has 21 heavy (non-hydrogen) atoms. The van der Waals surface area contributed by atoms with Crippen LogP contribution in [-0.2, 0) is 9.59 Å². The summed E-state index contributed by atoms with van der Waals surface area (Å²) in [6.07, 6.45) is 6.58. The average Bonchev–Trinajstić information content (AvgIpc) is 2.31. The van der Waals surface area contributed by atoms with Crippen LogP contribution >= 0.6 is 0 Å². The Morgan fingerprint density at radius 3 is 2.05 bits per heavy atom. The van der Waals surface area contributed by atoms with E-state index in [1.165, 1.54) is 24.2 Å². The number of likely N-dealkylation sites (N-methyl/N-ethyl adjacent to an activating group) is 1. The molecule has 118 valence electrons. The second-order valence-electron chi connectivity index (χ2n) is 8.84. The number of hydrogen-bond acceptors (Lipinski definition) is 2. The number of aliphatic carboxylic acids is 1. The summed E-state index contributed by atoms with van der Waals surface area (Å²) in [4.78, 5) is 25.8. The van der Waals surface area contributed by atoms with Crippen molar-refractivity contribution in [2.75, 3.05) is 7.05 Å². The topological polar surface area (TPSA) is 57.6 Å². The third-order valence-electron chi connectivity index (χ3n) is 6.34. The molecule has 1 N–H and O–H groups in total. The van der Waals surface area contributed by atoms with Crippen LogP contribution in [0, 0.1) is 22.2 Å². The van der Waals surface area contributed by atoms with Gasteiger partial charge in [-0.2, -0.15) is 0 Å². The first-order chi connectivity index (χ1) is 9.58. The Hall–Kier alpha value is -1.06. The summed E-state index contributed by atoms with van der Waals surface area (Å²) in [7, 11) is 1.66. The molecule has 3 atom stereocenters. The van der Waals surface area contributed by atoms with Crippen LogP contribution in [0.3, 0.4) is 0 Å². The zero-order chi connectivity index (χ0) is 15.6. The van der Waals surface area contributed by atoms with Crippen molar-refractivity contribution in [3.63, 3.8) is 0 Å². The van der Waals surface area contributed by atoms with E-state index < -0.39 is 12.0 Å². The molecule has 0 radical (unpaired) electrons. The Balaban J connectivity index is 1.91. The number of carboxylic acids is 1. The molecular formula is C17H27NO3. The minimum absolute atomic E-state index is 0.0685. The van der Waals surface area contributed by atoms with Gasteiger partial charge in [0, 0.05) is 7.05 Å². The highest BCUT2D eigenvalue weighted by atomic mass is 16.4. The number of carboxylic acid groups (broad SMARTS) is 1.